The molecular formula is C16H25NO. The van der Waals surface area contributed by atoms with Gasteiger partial charge in [0.15, 0.2) is 0 Å². The van der Waals surface area contributed by atoms with E-state index in [1.807, 2.05) is 18.2 Å². The number of anilines is 1. The topological polar surface area (TPSA) is 35.2 Å². The second kappa shape index (κ2) is 4.83. The Balaban J connectivity index is 2.11. The van der Waals surface area contributed by atoms with Gasteiger partial charge in [0.1, 0.15) is 5.75 Å². The van der Waals surface area contributed by atoms with Gasteiger partial charge in [-0.2, -0.15) is 0 Å². The molecule has 0 spiro atoms. The standard InChI is InChI=1S/C16H25NO/c1-11-5-6-14(17)15(8-11)18-13-7-12(2)9-16(3,4)10-13/h5-6,8,12-13H,7,9-10,17H2,1-4H3. The molecule has 2 nitrogen and oxygen atoms in total. The maximum absolute atomic E-state index is 6.15. The average Bonchev–Trinajstić information content (AvgIpc) is 2.20. The Morgan fingerprint density at radius 3 is 2.67 bits per heavy atom. The number of hydrogen-bond donors (Lipinski definition) is 1. The predicted octanol–water partition coefficient (Wildman–Crippen LogP) is 4.17. The Morgan fingerprint density at radius 1 is 1.28 bits per heavy atom. The van der Waals surface area contributed by atoms with Gasteiger partial charge < -0.3 is 10.5 Å². The molecule has 1 aliphatic carbocycles. The molecule has 1 aliphatic rings. The van der Waals surface area contributed by atoms with E-state index < -0.39 is 0 Å². The molecule has 0 radical (unpaired) electrons. The Hall–Kier alpha value is -1.18. The highest BCUT2D eigenvalue weighted by Crippen LogP contribution is 2.40. The van der Waals surface area contributed by atoms with E-state index in [4.69, 9.17) is 10.5 Å². The third-order valence-electron chi connectivity index (χ3n) is 3.81. The SMILES string of the molecule is Cc1ccc(N)c(OC2CC(C)CC(C)(C)C2)c1. The Morgan fingerprint density at radius 2 is 2.00 bits per heavy atom. The quantitative estimate of drug-likeness (QED) is 0.796. The summed E-state index contributed by atoms with van der Waals surface area (Å²) in [5, 5.41) is 0. The van der Waals surface area contributed by atoms with Crippen LogP contribution in [0.25, 0.3) is 0 Å². The molecule has 2 atom stereocenters. The van der Waals surface area contributed by atoms with Gasteiger partial charge in [-0.15, -0.1) is 0 Å². The lowest BCUT2D eigenvalue weighted by Crippen LogP contribution is -2.34. The van der Waals surface area contributed by atoms with Crippen molar-refractivity contribution in [3.8, 4) is 5.75 Å². The lowest BCUT2D eigenvalue weighted by atomic mass is 9.71. The van der Waals surface area contributed by atoms with Crippen molar-refractivity contribution < 1.29 is 4.74 Å². The van der Waals surface area contributed by atoms with Crippen molar-refractivity contribution in [2.75, 3.05) is 5.73 Å². The zero-order chi connectivity index (χ0) is 13.3. The van der Waals surface area contributed by atoms with Crippen molar-refractivity contribution in [3.63, 3.8) is 0 Å². The van der Waals surface area contributed by atoms with Crippen LogP contribution in [0.15, 0.2) is 18.2 Å². The number of ether oxygens (including phenoxy) is 1. The highest BCUT2D eigenvalue weighted by molar-refractivity contribution is 5.53. The van der Waals surface area contributed by atoms with Crippen molar-refractivity contribution in [1.82, 2.24) is 0 Å². The molecule has 0 aliphatic heterocycles. The van der Waals surface area contributed by atoms with E-state index >= 15 is 0 Å². The van der Waals surface area contributed by atoms with Crippen LogP contribution in [0.2, 0.25) is 0 Å². The van der Waals surface area contributed by atoms with Crippen LogP contribution in [-0.2, 0) is 0 Å². The van der Waals surface area contributed by atoms with Crippen LogP contribution in [-0.4, -0.2) is 6.10 Å². The minimum absolute atomic E-state index is 0.299. The molecule has 1 aromatic rings. The zero-order valence-electron chi connectivity index (χ0n) is 12.0. The first-order valence-corrected chi connectivity index (χ1v) is 6.88. The average molecular weight is 247 g/mol. The van der Waals surface area contributed by atoms with Gasteiger partial charge in [0.2, 0.25) is 0 Å². The number of hydrogen-bond acceptors (Lipinski definition) is 2. The number of nitrogen functional groups attached to an aromatic ring is 1. The molecule has 0 bridgehead atoms. The van der Waals surface area contributed by atoms with Crippen molar-refractivity contribution in [2.45, 2.75) is 53.1 Å². The Bertz CT molecular complexity index is 425. The smallest absolute Gasteiger partial charge is 0.142 e. The van der Waals surface area contributed by atoms with Crippen LogP contribution in [0.1, 0.15) is 45.6 Å². The summed E-state index contributed by atoms with van der Waals surface area (Å²) in [5.74, 6) is 1.58. The summed E-state index contributed by atoms with van der Waals surface area (Å²) in [4.78, 5) is 0. The number of benzene rings is 1. The zero-order valence-corrected chi connectivity index (χ0v) is 12.0. The van der Waals surface area contributed by atoms with Gasteiger partial charge in [0.25, 0.3) is 0 Å². The van der Waals surface area contributed by atoms with Gasteiger partial charge in [0.05, 0.1) is 11.8 Å². The van der Waals surface area contributed by atoms with E-state index in [0.717, 1.165) is 30.2 Å². The van der Waals surface area contributed by atoms with E-state index in [2.05, 4.69) is 27.7 Å². The number of nitrogens with two attached hydrogens (primary N) is 1. The van der Waals surface area contributed by atoms with Gasteiger partial charge in [-0.05, 0) is 55.2 Å². The molecule has 1 saturated carbocycles. The molecule has 100 valence electrons. The fourth-order valence-corrected chi connectivity index (χ4v) is 3.27. The lowest BCUT2D eigenvalue weighted by molar-refractivity contribution is 0.0567. The lowest BCUT2D eigenvalue weighted by Gasteiger charge is -2.39. The first-order chi connectivity index (χ1) is 8.35. The third kappa shape index (κ3) is 3.18. The van der Waals surface area contributed by atoms with E-state index in [1.54, 1.807) is 0 Å². The summed E-state index contributed by atoms with van der Waals surface area (Å²) in [6, 6.07) is 6.00. The molecule has 0 amide bonds. The molecule has 2 rings (SSSR count). The van der Waals surface area contributed by atoms with E-state index in [0.29, 0.717) is 11.5 Å². The summed E-state index contributed by atoms with van der Waals surface area (Å²) in [7, 11) is 0. The largest absolute Gasteiger partial charge is 0.488 e. The molecular weight excluding hydrogens is 222 g/mol. The number of aryl methyl sites for hydroxylation is 1. The van der Waals surface area contributed by atoms with Gasteiger partial charge in [-0.3, -0.25) is 0 Å². The highest BCUT2D eigenvalue weighted by Gasteiger charge is 2.33. The van der Waals surface area contributed by atoms with Gasteiger partial charge in [-0.25, -0.2) is 0 Å². The summed E-state index contributed by atoms with van der Waals surface area (Å²) in [6.07, 6.45) is 3.84. The summed E-state index contributed by atoms with van der Waals surface area (Å²) >= 11 is 0. The van der Waals surface area contributed by atoms with Crippen molar-refractivity contribution in [1.29, 1.82) is 0 Å². The summed E-state index contributed by atoms with van der Waals surface area (Å²) in [6.45, 7) is 9.05. The first kappa shape index (κ1) is 13.3. The van der Waals surface area contributed by atoms with Crippen LogP contribution in [0.4, 0.5) is 5.69 Å². The minimum atomic E-state index is 0.299. The Labute approximate surface area is 111 Å². The molecule has 1 fully saturated rings. The maximum atomic E-state index is 6.15. The molecule has 2 heteroatoms. The minimum Gasteiger partial charge on any atom is -0.488 e. The predicted molar refractivity (Wildman–Crippen MR) is 76.8 cm³/mol. The fourth-order valence-electron chi connectivity index (χ4n) is 3.27. The van der Waals surface area contributed by atoms with Crippen molar-refractivity contribution in [3.05, 3.63) is 23.8 Å². The van der Waals surface area contributed by atoms with Gasteiger partial charge >= 0.3 is 0 Å². The van der Waals surface area contributed by atoms with Crippen molar-refractivity contribution >= 4 is 5.69 Å². The van der Waals surface area contributed by atoms with Crippen LogP contribution in [0, 0.1) is 18.3 Å². The monoisotopic (exact) mass is 247 g/mol. The van der Waals surface area contributed by atoms with Crippen LogP contribution in [0.3, 0.4) is 0 Å². The second-order valence-electron chi connectivity index (χ2n) is 6.69. The van der Waals surface area contributed by atoms with Crippen LogP contribution < -0.4 is 10.5 Å². The van der Waals surface area contributed by atoms with E-state index in [9.17, 15) is 0 Å². The summed E-state index contributed by atoms with van der Waals surface area (Å²) < 4.78 is 6.15. The normalized spacial score (nSPS) is 26.9. The Kier molecular flexibility index (Phi) is 3.56. The molecule has 1 aromatic carbocycles. The highest BCUT2D eigenvalue weighted by atomic mass is 16.5. The second-order valence-corrected chi connectivity index (χ2v) is 6.69. The molecule has 0 saturated heterocycles. The van der Waals surface area contributed by atoms with E-state index in [-0.39, 0.29) is 0 Å². The van der Waals surface area contributed by atoms with Gasteiger partial charge in [0, 0.05) is 0 Å². The first-order valence-electron chi connectivity index (χ1n) is 6.88. The molecule has 2 unspecified atom stereocenters. The molecule has 0 heterocycles. The fraction of sp³-hybridized carbons (Fsp3) is 0.625. The number of rotatable bonds is 2. The molecule has 18 heavy (non-hydrogen) atoms. The van der Waals surface area contributed by atoms with Crippen LogP contribution in [0.5, 0.6) is 5.75 Å². The van der Waals surface area contributed by atoms with Crippen LogP contribution >= 0.6 is 0 Å². The van der Waals surface area contributed by atoms with Crippen molar-refractivity contribution in [2.24, 2.45) is 11.3 Å². The van der Waals surface area contributed by atoms with Gasteiger partial charge in [-0.1, -0.05) is 26.8 Å². The summed E-state index contributed by atoms with van der Waals surface area (Å²) in [5.41, 5.74) is 8.30. The molecule has 2 N–H and O–H groups in total. The maximum Gasteiger partial charge on any atom is 0.142 e. The molecule has 0 aromatic heterocycles. The third-order valence-corrected chi connectivity index (χ3v) is 3.81. The van der Waals surface area contributed by atoms with E-state index in [1.165, 1.54) is 12.0 Å².